The number of hydrogen-bond acceptors (Lipinski definition) is 0. The molecular weight excluding hydrogens is 192 g/mol. The molecule has 0 nitrogen and oxygen atoms in total. The van der Waals surface area contributed by atoms with Gasteiger partial charge in [-0.25, -0.2) is 0 Å². The molecule has 0 spiro atoms. The Balaban J connectivity index is 2.51. The molecule has 0 heterocycles. The quantitative estimate of drug-likeness (QED) is 0.563. The van der Waals surface area contributed by atoms with Crippen molar-refractivity contribution in [1.29, 1.82) is 0 Å². The molecule has 0 saturated carbocycles. The summed E-state index contributed by atoms with van der Waals surface area (Å²) < 4.78 is 0. The Hall–Kier alpha value is -0.780. The molecule has 0 aliphatic heterocycles. The Morgan fingerprint density at radius 2 is 2.19 bits per heavy atom. The van der Waals surface area contributed by atoms with Crippen LogP contribution in [-0.4, -0.2) is 0 Å². The average Bonchev–Trinajstić information content (AvgIpc) is 2.22. The first-order chi connectivity index (χ1) is 7.44. The second kappa shape index (κ2) is 5.52. The van der Waals surface area contributed by atoms with Crippen LogP contribution < -0.4 is 0 Å². The summed E-state index contributed by atoms with van der Waals surface area (Å²) in [5.74, 6) is 0.753. The van der Waals surface area contributed by atoms with Crippen molar-refractivity contribution in [2.45, 2.75) is 53.9 Å². The van der Waals surface area contributed by atoms with Crippen molar-refractivity contribution in [2.24, 2.45) is 11.3 Å². The van der Waals surface area contributed by atoms with Gasteiger partial charge in [0.25, 0.3) is 0 Å². The summed E-state index contributed by atoms with van der Waals surface area (Å²) in [5, 5.41) is 0. The van der Waals surface area contributed by atoms with Crippen molar-refractivity contribution >= 4 is 0 Å². The Morgan fingerprint density at radius 3 is 2.69 bits per heavy atom. The highest BCUT2D eigenvalue weighted by molar-refractivity contribution is 5.24. The normalized spacial score (nSPS) is 26.2. The van der Waals surface area contributed by atoms with E-state index in [1.165, 1.54) is 30.4 Å². The van der Waals surface area contributed by atoms with E-state index in [4.69, 9.17) is 0 Å². The van der Waals surface area contributed by atoms with Gasteiger partial charge in [0.1, 0.15) is 0 Å². The molecule has 1 rings (SSSR count). The molecule has 0 amide bonds. The number of allylic oxidation sites excluding steroid dienone is 6. The highest BCUT2D eigenvalue weighted by atomic mass is 14.3. The van der Waals surface area contributed by atoms with Crippen LogP contribution in [0.25, 0.3) is 0 Å². The summed E-state index contributed by atoms with van der Waals surface area (Å²) >= 11 is 0. The lowest BCUT2D eigenvalue weighted by atomic mass is 9.71. The van der Waals surface area contributed by atoms with Crippen LogP contribution in [0.1, 0.15) is 53.9 Å². The maximum absolute atomic E-state index is 2.41. The van der Waals surface area contributed by atoms with E-state index in [9.17, 15) is 0 Å². The van der Waals surface area contributed by atoms with Gasteiger partial charge in [-0.3, -0.25) is 0 Å². The van der Waals surface area contributed by atoms with Crippen LogP contribution in [0.15, 0.2) is 35.5 Å². The van der Waals surface area contributed by atoms with Crippen LogP contribution >= 0.6 is 0 Å². The van der Waals surface area contributed by atoms with Crippen LogP contribution in [0.3, 0.4) is 0 Å². The molecule has 0 N–H and O–H groups in total. The van der Waals surface area contributed by atoms with Crippen molar-refractivity contribution in [3.63, 3.8) is 0 Å². The summed E-state index contributed by atoms with van der Waals surface area (Å²) in [6, 6.07) is 0. The topological polar surface area (TPSA) is 0 Å². The van der Waals surface area contributed by atoms with Gasteiger partial charge in [0.2, 0.25) is 0 Å². The van der Waals surface area contributed by atoms with E-state index in [1.807, 2.05) is 0 Å². The number of rotatable bonds is 4. The van der Waals surface area contributed by atoms with Gasteiger partial charge >= 0.3 is 0 Å². The van der Waals surface area contributed by atoms with Crippen molar-refractivity contribution in [3.8, 4) is 0 Å². The molecule has 0 unspecified atom stereocenters. The van der Waals surface area contributed by atoms with Crippen LogP contribution in [0, 0.1) is 11.3 Å². The first kappa shape index (κ1) is 13.3. The monoisotopic (exact) mass is 218 g/mol. The first-order valence-corrected chi connectivity index (χ1v) is 6.43. The minimum Gasteiger partial charge on any atom is -0.0859 e. The van der Waals surface area contributed by atoms with E-state index >= 15 is 0 Å². The summed E-state index contributed by atoms with van der Waals surface area (Å²) in [6.07, 6.45) is 13.1. The third-order valence-corrected chi connectivity index (χ3v) is 3.87. The van der Waals surface area contributed by atoms with Gasteiger partial charge < -0.3 is 0 Å². The molecular formula is C16H26. The minimum atomic E-state index is 0.370. The Labute approximate surface area is 101 Å². The second-order valence-corrected chi connectivity index (χ2v) is 5.75. The van der Waals surface area contributed by atoms with E-state index < -0.39 is 0 Å². The van der Waals surface area contributed by atoms with Crippen molar-refractivity contribution in [1.82, 2.24) is 0 Å². The Bertz CT molecular complexity index is 313. The Morgan fingerprint density at radius 1 is 1.50 bits per heavy atom. The fourth-order valence-electron chi connectivity index (χ4n) is 2.16. The lowest BCUT2D eigenvalue weighted by molar-refractivity contribution is 0.262. The second-order valence-electron chi connectivity index (χ2n) is 5.75. The highest BCUT2D eigenvalue weighted by Gasteiger charge is 2.28. The van der Waals surface area contributed by atoms with Crippen molar-refractivity contribution in [2.75, 3.05) is 0 Å². The standard InChI is InChI=1S/C16H26/c1-13(2)7-6-8-15(4)16(5)11-9-14(3)10-12-16/h7,9-11,15H,6,8,12H2,1-5H3/t15-,16-/m0/s1. The first-order valence-electron chi connectivity index (χ1n) is 6.43. The zero-order valence-electron chi connectivity index (χ0n) is 11.5. The molecule has 0 aromatic heterocycles. The molecule has 0 fully saturated rings. The lowest BCUT2D eigenvalue weighted by Gasteiger charge is -2.34. The third kappa shape index (κ3) is 3.66. The van der Waals surface area contributed by atoms with Gasteiger partial charge in [0.15, 0.2) is 0 Å². The van der Waals surface area contributed by atoms with E-state index in [2.05, 4.69) is 58.9 Å². The molecule has 0 bridgehead atoms. The van der Waals surface area contributed by atoms with E-state index in [0.29, 0.717) is 5.41 Å². The van der Waals surface area contributed by atoms with Crippen LogP contribution in [0.4, 0.5) is 0 Å². The predicted molar refractivity (Wildman–Crippen MR) is 73.5 cm³/mol. The van der Waals surface area contributed by atoms with Gasteiger partial charge in [-0.2, -0.15) is 0 Å². The highest BCUT2D eigenvalue weighted by Crippen LogP contribution is 2.39. The van der Waals surface area contributed by atoms with Crippen LogP contribution in [0.2, 0.25) is 0 Å². The van der Waals surface area contributed by atoms with Crippen molar-refractivity contribution < 1.29 is 0 Å². The van der Waals surface area contributed by atoms with E-state index in [1.54, 1.807) is 0 Å². The largest absolute Gasteiger partial charge is 0.0859 e. The molecule has 0 aromatic rings. The van der Waals surface area contributed by atoms with Gasteiger partial charge in [0, 0.05) is 0 Å². The molecule has 2 atom stereocenters. The molecule has 1 aliphatic carbocycles. The third-order valence-electron chi connectivity index (χ3n) is 3.87. The molecule has 0 radical (unpaired) electrons. The SMILES string of the molecule is CC(C)=CCC[C@H](C)[C@@]1(C)C=CC(C)=CC1. The molecule has 1 aliphatic rings. The maximum atomic E-state index is 2.41. The molecule has 0 saturated heterocycles. The zero-order valence-corrected chi connectivity index (χ0v) is 11.5. The smallest absolute Gasteiger partial charge is 0.00829 e. The van der Waals surface area contributed by atoms with Gasteiger partial charge in [-0.1, -0.05) is 49.3 Å². The fraction of sp³-hybridized carbons (Fsp3) is 0.625. The van der Waals surface area contributed by atoms with Crippen molar-refractivity contribution in [3.05, 3.63) is 35.5 Å². The minimum absolute atomic E-state index is 0.370. The van der Waals surface area contributed by atoms with Gasteiger partial charge in [-0.05, 0) is 51.4 Å². The summed E-state index contributed by atoms with van der Waals surface area (Å²) in [7, 11) is 0. The molecule has 0 heteroatoms. The molecule has 16 heavy (non-hydrogen) atoms. The lowest BCUT2D eigenvalue weighted by Crippen LogP contribution is -2.23. The summed E-state index contributed by atoms with van der Waals surface area (Å²) in [5.41, 5.74) is 3.22. The maximum Gasteiger partial charge on any atom is -0.00829 e. The van der Waals surface area contributed by atoms with Gasteiger partial charge in [0.05, 0.1) is 0 Å². The zero-order chi connectivity index (χ0) is 12.2. The van der Waals surface area contributed by atoms with E-state index in [-0.39, 0.29) is 0 Å². The fourth-order valence-corrected chi connectivity index (χ4v) is 2.16. The van der Waals surface area contributed by atoms with E-state index in [0.717, 1.165) is 5.92 Å². The van der Waals surface area contributed by atoms with Gasteiger partial charge in [-0.15, -0.1) is 0 Å². The predicted octanol–water partition coefficient (Wildman–Crippen LogP) is 5.28. The molecule has 90 valence electrons. The summed E-state index contributed by atoms with van der Waals surface area (Å²) in [6.45, 7) is 11.3. The molecule has 0 aromatic carbocycles. The van der Waals surface area contributed by atoms with Crippen LogP contribution in [0.5, 0.6) is 0 Å². The number of hydrogen-bond donors (Lipinski definition) is 0. The Kier molecular flexibility index (Phi) is 4.58. The summed E-state index contributed by atoms with van der Waals surface area (Å²) in [4.78, 5) is 0. The van der Waals surface area contributed by atoms with Crippen LogP contribution in [-0.2, 0) is 0 Å². The average molecular weight is 218 g/mol.